The van der Waals surface area contributed by atoms with Crippen molar-refractivity contribution in [3.8, 4) is 22.8 Å². The van der Waals surface area contributed by atoms with E-state index < -0.39 is 0 Å². The number of amides is 1. The summed E-state index contributed by atoms with van der Waals surface area (Å²) in [6.45, 7) is 2.07. The van der Waals surface area contributed by atoms with Crippen LogP contribution in [0.3, 0.4) is 0 Å². The fraction of sp³-hybridized carbons (Fsp3) is 0.421. The minimum absolute atomic E-state index is 0.0580. The molecule has 8 nitrogen and oxygen atoms in total. The van der Waals surface area contributed by atoms with Gasteiger partial charge >= 0.3 is 0 Å². The summed E-state index contributed by atoms with van der Waals surface area (Å²) in [5.74, 6) is 1.07. The maximum absolute atomic E-state index is 12.2. The van der Waals surface area contributed by atoms with E-state index in [2.05, 4.69) is 10.4 Å². The van der Waals surface area contributed by atoms with Crippen LogP contribution < -0.4 is 20.3 Å². The fourth-order valence-electron chi connectivity index (χ4n) is 3.14. The Bertz CT molecular complexity index is 889. The minimum Gasteiger partial charge on any atom is -0.486 e. The van der Waals surface area contributed by atoms with Gasteiger partial charge in [0.25, 0.3) is 5.56 Å². The van der Waals surface area contributed by atoms with Crippen LogP contribution in [0.25, 0.3) is 11.3 Å². The van der Waals surface area contributed by atoms with Crippen LogP contribution in [0, 0.1) is 0 Å². The number of benzene rings is 1. The molecule has 3 heterocycles. The third-order valence-electron chi connectivity index (χ3n) is 4.55. The molecule has 142 valence electrons. The fourth-order valence-corrected chi connectivity index (χ4v) is 3.14. The Balaban J connectivity index is 1.47. The average Bonchev–Trinajstić information content (AvgIpc) is 3.21. The van der Waals surface area contributed by atoms with Gasteiger partial charge in [0, 0.05) is 24.8 Å². The Morgan fingerprint density at radius 1 is 1.15 bits per heavy atom. The Morgan fingerprint density at radius 3 is 2.81 bits per heavy atom. The lowest BCUT2D eigenvalue weighted by Gasteiger charge is -2.18. The number of hydrogen-bond donors (Lipinski definition) is 1. The van der Waals surface area contributed by atoms with E-state index in [1.807, 2.05) is 18.2 Å². The second-order valence-corrected chi connectivity index (χ2v) is 6.51. The van der Waals surface area contributed by atoms with Crippen molar-refractivity contribution in [1.29, 1.82) is 0 Å². The number of ether oxygens (including phenoxy) is 3. The van der Waals surface area contributed by atoms with Crippen LogP contribution in [-0.2, 0) is 16.1 Å². The summed E-state index contributed by atoms with van der Waals surface area (Å²) in [6, 6.07) is 8.53. The van der Waals surface area contributed by atoms with Crippen molar-refractivity contribution in [2.24, 2.45) is 0 Å². The van der Waals surface area contributed by atoms with Crippen molar-refractivity contribution in [1.82, 2.24) is 15.1 Å². The first-order valence-electron chi connectivity index (χ1n) is 9.05. The highest BCUT2D eigenvalue weighted by molar-refractivity contribution is 5.75. The number of hydrogen-bond acceptors (Lipinski definition) is 6. The molecule has 0 bridgehead atoms. The van der Waals surface area contributed by atoms with Gasteiger partial charge in [0.15, 0.2) is 11.5 Å². The molecule has 2 aromatic rings. The molecule has 2 aliphatic heterocycles. The Labute approximate surface area is 156 Å². The standard InChI is InChI=1S/C19H21N3O5/c23-18(20-11-14-2-1-7-25-14)12-22-19(24)6-4-15(21-22)13-3-5-16-17(10-13)27-9-8-26-16/h3-6,10,14H,1-2,7-9,11-12H2,(H,20,23)/t14-/m1/s1. The lowest BCUT2D eigenvalue weighted by Crippen LogP contribution is -2.37. The Morgan fingerprint density at radius 2 is 2.00 bits per heavy atom. The predicted octanol–water partition coefficient (Wildman–Crippen LogP) is 0.977. The first-order valence-corrected chi connectivity index (χ1v) is 9.05. The SMILES string of the molecule is O=C(Cn1nc(-c2ccc3c(c2)OCCO3)ccc1=O)NC[C@H]1CCCO1. The maximum atomic E-state index is 12.2. The predicted molar refractivity (Wildman–Crippen MR) is 96.9 cm³/mol. The highest BCUT2D eigenvalue weighted by atomic mass is 16.6. The number of aromatic nitrogens is 2. The Kier molecular flexibility index (Phi) is 5.06. The summed E-state index contributed by atoms with van der Waals surface area (Å²) in [5, 5.41) is 7.13. The summed E-state index contributed by atoms with van der Waals surface area (Å²) in [6.07, 6.45) is 2.01. The number of nitrogens with zero attached hydrogens (tertiary/aromatic N) is 2. The van der Waals surface area contributed by atoms with Crippen molar-refractivity contribution in [2.75, 3.05) is 26.4 Å². The van der Waals surface area contributed by atoms with E-state index in [-0.39, 0.29) is 24.1 Å². The van der Waals surface area contributed by atoms with Gasteiger partial charge in [-0.2, -0.15) is 5.10 Å². The van der Waals surface area contributed by atoms with E-state index in [0.717, 1.165) is 29.7 Å². The first kappa shape index (κ1) is 17.5. The molecule has 0 aliphatic carbocycles. The van der Waals surface area contributed by atoms with E-state index in [0.29, 0.717) is 37.0 Å². The van der Waals surface area contributed by atoms with Crippen molar-refractivity contribution >= 4 is 5.91 Å². The molecule has 0 saturated carbocycles. The monoisotopic (exact) mass is 371 g/mol. The normalized spacial score (nSPS) is 18.3. The summed E-state index contributed by atoms with van der Waals surface area (Å²) in [5.41, 5.74) is 1.04. The van der Waals surface area contributed by atoms with Crippen LogP contribution in [0.15, 0.2) is 35.1 Å². The van der Waals surface area contributed by atoms with Crippen molar-refractivity contribution < 1.29 is 19.0 Å². The molecule has 1 fully saturated rings. The summed E-state index contributed by atoms with van der Waals surface area (Å²) >= 11 is 0. The number of fused-ring (bicyclic) bond motifs is 1. The summed E-state index contributed by atoms with van der Waals surface area (Å²) in [4.78, 5) is 24.2. The van der Waals surface area contributed by atoms with E-state index in [4.69, 9.17) is 14.2 Å². The molecular weight excluding hydrogens is 350 g/mol. The molecule has 8 heteroatoms. The molecule has 0 spiro atoms. The van der Waals surface area contributed by atoms with Crippen LogP contribution >= 0.6 is 0 Å². The van der Waals surface area contributed by atoms with Gasteiger partial charge in [0.05, 0.1) is 11.8 Å². The largest absolute Gasteiger partial charge is 0.486 e. The zero-order valence-electron chi connectivity index (χ0n) is 14.8. The highest BCUT2D eigenvalue weighted by Crippen LogP contribution is 2.33. The summed E-state index contributed by atoms with van der Waals surface area (Å²) < 4.78 is 17.7. The third kappa shape index (κ3) is 4.11. The number of rotatable bonds is 5. The number of nitrogens with one attached hydrogen (secondary N) is 1. The van der Waals surface area contributed by atoms with Crippen molar-refractivity contribution in [3.63, 3.8) is 0 Å². The first-order chi connectivity index (χ1) is 13.2. The second kappa shape index (κ2) is 7.79. The molecule has 27 heavy (non-hydrogen) atoms. The average molecular weight is 371 g/mol. The topological polar surface area (TPSA) is 91.7 Å². The molecule has 1 aromatic carbocycles. The molecule has 1 amide bonds. The summed E-state index contributed by atoms with van der Waals surface area (Å²) in [7, 11) is 0. The van der Waals surface area contributed by atoms with Crippen molar-refractivity contribution in [2.45, 2.75) is 25.5 Å². The maximum Gasteiger partial charge on any atom is 0.267 e. The van der Waals surface area contributed by atoms with Gasteiger partial charge in [-0.25, -0.2) is 4.68 Å². The second-order valence-electron chi connectivity index (χ2n) is 6.51. The minimum atomic E-state index is -0.330. The molecule has 1 N–H and O–H groups in total. The lowest BCUT2D eigenvalue weighted by molar-refractivity contribution is -0.122. The number of carbonyl (C=O) groups excluding carboxylic acids is 1. The molecule has 0 radical (unpaired) electrons. The van der Waals surface area contributed by atoms with Gasteiger partial charge in [0.1, 0.15) is 19.8 Å². The van der Waals surface area contributed by atoms with Crippen LogP contribution in [-0.4, -0.2) is 48.2 Å². The van der Waals surface area contributed by atoms with E-state index in [1.165, 1.54) is 6.07 Å². The smallest absolute Gasteiger partial charge is 0.267 e. The van der Waals surface area contributed by atoms with Crippen LogP contribution in [0.1, 0.15) is 12.8 Å². The molecule has 1 atom stereocenters. The lowest BCUT2D eigenvalue weighted by atomic mass is 10.1. The molecule has 4 rings (SSSR count). The van der Waals surface area contributed by atoms with Gasteiger partial charge in [-0.1, -0.05) is 0 Å². The Hall–Kier alpha value is -2.87. The van der Waals surface area contributed by atoms with Gasteiger partial charge in [-0.3, -0.25) is 9.59 Å². The molecule has 2 aliphatic rings. The molecular formula is C19H21N3O5. The van der Waals surface area contributed by atoms with E-state index >= 15 is 0 Å². The van der Waals surface area contributed by atoms with Gasteiger partial charge < -0.3 is 19.5 Å². The quantitative estimate of drug-likeness (QED) is 0.842. The van der Waals surface area contributed by atoms with Crippen molar-refractivity contribution in [3.05, 3.63) is 40.7 Å². The van der Waals surface area contributed by atoms with Crippen LogP contribution in [0.4, 0.5) is 0 Å². The molecule has 1 aromatic heterocycles. The zero-order valence-corrected chi connectivity index (χ0v) is 14.8. The molecule has 1 saturated heterocycles. The zero-order chi connectivity index (χ0) is 18.6. The highest BCUT2D eigenvalue weighted by Gasteiger charge is 2.17. The van der Waals surface area contributed by atoms with E-state index in [9.17, 15) is 9.59 Å². The molecule has 0 unspecified atom stereocenters. The number of carbonyl (C=O) groups is 1. The van der Waals surface area contributed by atoms with Gasteiger partial charge in [-0.15, -0.1) is 0 Å². The van der Waals surface area contributed by atoms with Crippen LogP contribution in [0.5, 0.6) is 11.5 Å². The van der Waals surface area contributed by atoms with Crippen LogP contribution in [0.2, 0.25) is 0 Å². The van der Waals surface area contributed by atoms with Gasteiger partial charge in [0.2, 0.25) is 5.91 Å². The van der Waals surface area contributed by atoms with Gasteiger partial charge in [-0.05, 0) is 37.1 Å². The van der Waals surface area contributed by atoms with E-state index in [1.54, 1.807) is 6.07 Å². The third-order valence-corrected chi connectivity index (χ3v) is 4.55.